The van der Waals surface area contributed by atoms with Crippen LogP contribution in [0.4, 0.5) is 0 Å². The van der Waals surface area contributed by atoms with E-state index in [0.29, 0.717) is 12.0 Å². The average molecular weight is 216 g/mol. The lowest BCUT2D eigenvalue weighted by Crippen LogP contribution is -2.15. The number of carbonyl (C=O) groups is 1. The van der Waals surface area contributed by atoms with E-state index in [1.807, 2.05) is 0 Å². The van der Waals surface area contributed by atoms with E-state index in [2.05, 4.69) is 25.5 Å². The molecular formula is C12H24O3. The average Bonchev–Trinajstić information content (AvgIpc) is 2.13. The summed E-state index contributed by atoms with van der Waals surface area (Å²) in [6, 6.07) is 0. The first-order valence-corrected chi connectivity index (χ1v) is 5.66. The van der Waals surface area contributed by atoms with E-state index in [1.54, 1.807) is 0 Å². The second-order valence-electron chi connectivity index (χ2n) is 4.67. The van der Waals surface area contributed by atoms with Gasteiger partial charge in [0.2, 0.25) is 0 Å². The Balaban J connectivity index is 3.49. The molecule has 3 heteroatoms. The number of ether oxygens (including phenoxy) is 2. The van der Waals surface area contributed by atoms with E-state index in [4.69, 9.17) is 4.74 Å². The molecule has 0 unspecified atom stereocenters. The standard InChI is InChI=1S/C12H24O3/c1-5-7-12(2,3)8-6-9-15-11(13)10-14-4/h5-10H2,1-4H3. The first-order valence-electron chi connectivity index (χ1n) is 5.66. The first kappa shape index (κ1) is 14.4. The highest BCUT2D eigenvalue weighted by Crippen LogP contribution is 2.27. The second-order valence-corrected chi connectivity index (χ2v) is 4.67. The van der Waals surface area contributed by atoms with Crippen LogP contribution in [-0.4, -0.2) is 26.3 Å². The molecule has 0 N–H and O–H groups in total. The smallest absolute Gasteiger partial charge is 0.332 e. The summed E-state index contributed by atoms with van der Waals surface area (Å²) in [5, 5.41) is 0. The van der Waals surface area contributed by atoms with Crippen molar-refractivity contribution in [2.75, 3.05) is 20.3 Å². The van der Waals surface area contributed by atoms with Gasteiger partial charge in [0.25, 0.3) is 0 Å². The molecule has 0 aliphatic rings. The Kier molecular flexibility index (Phi) is 7.39. The van der Waals surface area contributed by atoms with Crippen molar-refractivity contribution in [1.82, 2.24) is 0 Å². The Hall–Kier alpha value is -0.570. The molecule has 0 aliphatic heterocycles. The Morgan fingerprint density at radius 3 is 2.47 bits per heavy atom. The third-order valence-corrected chi connectivity index (χ3v) is 2.45. The maximum atomic E-state index is 10.9. The minimum Gasteiger partial charge on any atom is -0.464 e. The van der Waals surface area contributed by atoms with Crippen molar-refractivity contribution >= 4 is 5.97 Å². The van der Waals surface area contributed by atoms with E-state index in [1.165, 1.54) is 20.0 Å². The topological polar surface area (TPSA) is 35.5 Å². The molecule has 90 valence electrons. The first-order chi connectivity index (χ1) is 7.02. The van der Waals surface area contributed by atoms with Gasteiger partial charge in [0.1, 0.15) is 6.61 Å². The SMILES string of the molecule is CCCC(C)(C)CCCOC(=O)COC. The number of carbonyl (C=O) groups excluding carboxylic acids is 1. The van der Waals surface area contributed by atoms with Crippen molar-refractivity contribution in [3.8, 4) is 0 Å². The molecule has 3 nitrogen and oxygen atoms in total. The van der Waals surface area contributed by atoms with Crippen LogP contribution in [0.5, 0.6) is 0 Å². The lowest BCUT2D eigenvalue weighted by Gasteiger charge is -2.23. The summed E-state index contributed by atoms with van der Waals surface area (Å²) in [5.41, 5.74) is 0.364. The molecule has 0 radical (unpaired) electrons. The van der Waals surface area contributed by atoms with Crippen molar-refractivity contribution < 1.29 is 14.3 Å². The predicted molar refractivity (Wildman–Crippen MR) is 60.8 cm³/mol. The Bertz CT molecular complexity index is 176. The molecule has 0 spiro atoms. The minimum atomic E-state index is -0.272. The van der Waals surface area contributed by atoms with Gasteiger partial charge in [-0.2, -0.15) is 0 Å². The monoisotopic (exact) mass is 216 g/mol. The Morgan fingerprint density at radius 2 is 1.93 bits per heavy atom. The molecule has 0 heterocycles. The molecule has 0 atom stereocenters. The molecule has 0 saturated carbocycles. The fourth-order valence-corrected chi connectivity index (χ4v) is 1.70. The van der Waals surface area contributed by atoms with Crippen molar-refractivity contribution in [3.05, 3.63) is 0 Å². The zero-order valence-corrected chi connectivity index (χ0v) is 10.5. The van der Waals surface area contributed by atoms with Gasteiger partial charge in [0.15, 0.2) is 0 Å². The molecule has 0 aromatic carbocycles. The van der Waals surface area contributed by atoms with Crippen LogP contribution in [0.2, 0.25) is 0 Å². The molecule has 0 amide bonds. The molecule has 0 aromatic rings. The van der Waals surface area contributed by atoms with Crippen molar-refractivity contribution in [1.29, 1.82) is 0 Å². The van der Waals surface area contributed by atoms with Crippen LogP contribution in [0.1, 0.15) is 46.5 Å². The number of esters is 1. The highest BCUT2D eigenvalue weighted by Gasteiger charge is 2.15. The molecule has 0 aromatic heterocycles. The predicted octanol–water partition coefficient (Wildman–Crippen LogP) is 2.78. The maximum Gasteiger partial charge on any atom is 0.332 e. The van der Waals surface area contributed by atoms with Crippen LogP contribution >= 0.6 is 0 Å². The van der Waals surface area contributed by atoms with Gasteiger partial charge in [-0.25, -0.2) is 4.79 Å². The summed E-state index contributed by atoms with van der Waals surface area (Å²) >= 11 is 0. The zero-order valence-electron chi connectivity index (χ0n) is 10.5. The van der Waals surface area contributed by atoms with E-state index in [-0.39, 0.29) is 12.6 Å². The van der Waals surface area contributed by atoms with Gasteiger partial charge >= 0.3 is 5.97 Å². The molecule has 0 fully saturated rings. The molecular weight excluding hydrogens is 192 g/mol. The quantitative estimate of drug-likeness (QED) is 0.462. The summed E-state index contributed by atoms with van der Waals surface area (Å²) in [6.45, 7) is 7.27. The summed E-state index contributed by atoms with van der Waals surface area (Å²) < 4.78 is 9.66. The van der Waals surface area contributed by atoms with Crippen LogP contribution in [0.25, 0.3) is 0 Å². The van der Waals surface area contributed by atoms with Gasteiger partial charge in [-0.15, -0.1) is 0 Å². The van der Waals surface area contributed by atoms with E-state index in [0.717, 1.165) is 12.8 Å². The summed E-state index contributed by atoms with van der Waals surface area (Å²) in [7, 11) is 1.49. The maximum absolute atomic E-state index is 10.9. The van der Waals surface area contributed by atoms with Crippen molar-refractivity contribution in [2.45, 2.75) is 46.5 Å². The van der Waals surface area contributed by atoms with Crippen LogP contribution in [-0.2, 0) is 14.3 Å². The summed E-state index contributed by atoms with van der Waals surface area (Å²) in [6.07, 6.45) is 4.46. The highest BCUT2D eigenvalue weighted by molar-refractivity contribution is 5.70. The molecule has 0 rings (SSSR count). The molecule has 15 heavy (non-hydrogen) atoms. The van der Waals surface area contributed by atoms with Gasteiger partial charge in [-0.05, 0) is 24.7 Å². The van der Waals surface area contributed by atoms with Crippen LogP contribution in [0.15, 0.2) is 0 Å². The lowest BCUT2D eigenvalue weighted by atomic mass is 9.83. The third kappa shape index (κ3) is 8.43. The fraction of sp³-hybridized carbons (Fsp3) is 0.917. The second kappa shape index (κ2) is 7.69. The zero-order chi connectivity index (χ0) is 11.7. The van der Waals surface area contributed by atoms with Crippen molar-refractivity contribution in [2.24, 2.45) is 5.41 Å². The lowest BCUT2D eigenvalue weighted by molar-refractivity contribution is -0.148. The van der Waals surface area contributed by atoms with Crippen LogP contribution in [0, 0.1) is 5.41 Å². The third-order valence-electron chi connectivity index (χ3n) is 2.45. The number of hydrogen-bond donors (Lipinski definition) is 0. The van der Waals surface area contributed by atoms with Gasteiger partial charge in [0.05, 0.1) is 6.61 Å². The van der Waals surface area contributed by atoms with Gasteiger partial charge in [-0.1, -0.05) is 27.2 Å². The largest absolute Gasteiger partial charge is 0.464 e. The Labute approximate surface area is 93.1 Å². The van der Waals surface area contributed by atoms with Gasteiger partial charge in [0, 0.05) is 7.11 Å². The fourth-order valence-electron chi connectivity index (χ4n) is 1.70. The molecule has 0 aliphatic carbocycles. The van der Waals surface area contributed by atoms with Crippen LogP contribution < -0.4 is 0 Å². The molecule has 0 saturated heterocycles. The number of methoxy groups -OCH3 is 1. The summed E-state index contributed by atoms with van der Waals surface area (Å²) in [4.78, 5) is 10.9. The summed E-state index contributed by atoms with van der Waals surface area (Å²) in [5.74, 6) is -0.272. The highest BCUT2D eigenvalue weighted by atomic mass is 16.6. The van der Waals surface area contributed by atoms with Gasteiger partial charge < -0.3 is 9.47 Å². The van der Waals surface area contributed by atoms with Crippen LogP contribution in [0.3, 0.4) is 0 Å². The van der Waals surface area contributed by atoms with E-state index < -0.39 is 0 Å². The Morgan fingerprint density at radius 1 is 1.27 bits per heavy atom. The van der Waals surface area contributed by atoms with Crippen molar-refractivity contribution in [3.63, 3.8) is 0 Å². The number of hydrogen-bond acceptors (Lipinski definition) is 3. The van der Waals surface area contributed by atoms with E-state index in [9.17, 15) is 4.79 Å². The normalized spacial score (nSPS) is 11.5. The minimum absolute atomic E-state index is 0.0539. The van der Waals surface area contributed by atoms with Gasteiger partial charge in [-0.3, -0.25) is 0 Å². The van der Waals surface area contributed by atoms with E-state index >= 15 is 0 Å². The number of rotatable bonds is 8. The molecule has 0 bridgehead atoms.